The average Bonchev–Trinajstić information content (AvgIpc) is 3.14. The maximum Gasteiger partial charge on any atom is 0.142 e. The summed E-state index contributed by atoms with van der Waals surface area (Å²) in [6, 6.07) is 7.85. The zero-order valence-corrected chi connectivity index (χ0v) is 13.4. The molecule has 0 bridgehead atoms. The van der Waals surface area contributed by atoms with Gasteiger partial charge >= 0.3 is 0 Å². The van der Waals surface area contributed by atoms with Crippen molar-refractivity contribution in [3.8, 4) is 28.6 Å². The van der Waals surface area contributed by atoms with Crippen LogP contribution in [0.2, 0.25) is 0 Å². The number of rotatable bonds is 3. The third-order valence-corrected chi connectivity index (χ3v) is 3.98. The number of aryl methyl sites for hydroxylation is 2. The lowest BCUT2D eigenvalue weighted by molar-refractivity contribution is 0.634. The SMILES string of the molecule is CCn1nc(C)c(-c2cc(-c3ccc[nH]3)c(C#N)c(N)n2)c1C. The van der Waals surface area contributed by atoms with Crippen LogP contribution in [-0.4, -0.2) is 19.7 Å². The lowest BCUT2D eigenvalue weighted by Gasteiger charge is -2.09. The summed E-state index contributed by atoms with van der Waals surface area (Å²) >= 11 is 0. The molecule has 0 fully saturated rings. The molecular weight excluding hydrogens is 288 g/mol. The van der Waals surface area contributed by atoms with Gasteiger partial charge in [0.05, 0.1) is 11.4 Å². The van der Waals surface area contributed by atoms with Gasteiger partial charge in [-0.15, -0.1) is 0 Å². The first kappa shape index (κ1) is 14.9. The second kappa shape index (κ2) is 5.61. The molecule has 0 saturated carbocycles. The molecule has 0 saturated heterocycles. The van der Waals surface area contributed by atoms with Crippen molar-refractivity contribution in [1.82, 2.24) is 19.7 Å². The molecule has 3 N–H and O–H groups in total. The number of pyridine rings is 1. The molecule has 0 aliphatic rings. The van der Waals surface area contributed by atoms with Crippen molar-refractivity contribution in [3.05, 3.63) is 41.3 Å². The second-order valence-corrected chi connectivity index (χ2v) is 5.37. The quantitative estimate of drug-likeness (QED) is 0.777. The van der Waals surface area contributed by atoms with Gasteiger partial charge in [-0.2, -0.15) is 10.4 Å². The van der Waals surface area contributed by atoms with Crippen LogP contribution in [0.1, 0.15) is 23.9 Å². The summed E-state index contributed by atoms with van der Waals surface area (Å²) in [7, 11) is 0. The van der Waals surface area contributed by atoms with Crippen molar-refractivity contribution in [2.24, 2.45) is 0 Å². The smallest absolute Gasteiger partial charge is 0.142 e. The number of aromatic amines is 1. The lowest BCUT2D eigenvalue weighted by Crippen LogP contribution is -2.01. The summed E-state index contributed by atoms with van der Waals surface area (Å²) in [5.74, 6) is 0.234. The zero-order chi connectivity index (χ0) is 16.6. The molecule has 116 valence electrons. The number of hydrogen-bond acceptors (Lipinski definition) is 4. The summed E-state index contributed by atoms with van der Waals surface area (Å²) < 4.78 is 1.94. The van der Waals surface area contributed by atoms with E-state index in [1.807, 2.05) is 49.8 Å². The maximum absolute atomic E-state index is 9.41. The summed E-state index contributed by atoms with van der Waals surface area (Å²) in [4.78, 5) is 7.57. The van der Waals surface area contributed by atoms with E-state index in [0.29, 0.717) is 5.56 Å². The summed E-state index contributed by atoms with van der Waals surface area (Å²) in [5, 5.41) is 13.9. The number of H-pyrrole nitrogens is 1. The third kappa shape index (κ3) is 2.36. The number of nitrogen functional groups attached to an aromatic ring is 1. The Morgan fingerprint density at radius 3 is 2.74 bits per heavy atom. The van der Waals surface area contributed by atoms with Gasteiger partial charge in [-0.05, 0) is 39.0 Å². The van der Waals surface area contributed by atoms with E-state index in [1.54, 1.807) is 0 Å². The molecule has 23 heavy (non-hydrogen) atoms. The van der Waals surface area contributed by atoms with Crippen LogP contribution >= 0.6 is 0 Å². The number of nitrogens with one attached hydrogen (secondary N) is 1. The molecule has 0 atom stereocenters. The maximum atomic E-state index is 9.41. The summed E-state index contributed by atoms with van der Waals surface area (Å²) in [6.07, 6.45) is 1.82. The van der Waals surface area contributed by atoms with Gasteiger partial charge in [0.2, 0.25) is 0 Å². The van der Waals surface area contributed by atoms with E-state index in [4.69, 9.17) is 5.73 Å². The van der Waals surface area contributed by atoms with Gasteiger partial charge in [-0.3, -0.25) is 4.68 Å². The fourth-order valence-electron chi connectivity index (χ4n) is 2.90. The zero-order valence-electron chi connectivity index (χ0n) is 13.4. The molecule has 0 aromatic carbocycles. The molecule has 0 aliphatic carbocycles. The Morgan fingerprint density at radius 1 is 1.39 bits per heavy atom. The number of aromatic nitrogens is 4. The van der Waals surface area contributed by atoms with Crippen LogP contribution in [-0.2, 0) is 6.54 Å². The van der Waals surface area contributed by atoms with Crippen LogP contribution < -0.4 is 5.73 Å². The lowest BCUT2D eigenvalue weighted by atomic mass is 10.0. The van der Waals surface area contributed by atoms with Gasteiger partial charge in [-0.25, -0.2) is 4.98 Å². The van der Waals surface area contributed by atoms with Crippen molar-refractivity contribution < 1.29 is 0 Å². The molecule has 6 heteroatoms. The van der Waals surface area contributed by atoms with Gasteiger partial charge in [0.25, 0.3) is 0 Å². The molecule has 6 nitrogen and oxygen atoms in total. The van der Waals surface area contributed by atoms with Crippen molar-refractivity contribution >= 4 is 5.82 Å². The molecule has 3 heterocycles. The molecular formula is C17H18N6. The predicted molar refractivity (Wildman–Crippen MR) is 89.5 cm³/mol. The van der Waals surface area contributed by atoms with Crippen LogP contribution in [0.15, 0.2) is 24.4 Å². The Bertz CT molecular complexity index is 896. The van der Waals surface area contributed by atoms with E-state index in [1.165, 1.54) is 0 Å². The average molecular weight is 306 g/mol. The summed E-state index contributed by atoms with van der Waals surface area (Å²) in [6.45, 7) is 6.82. The first-order chi connectivity index (χ1) is 11.1. The highest BCUT2D eigenvalue weighted by Crippen LogP contribution is 2.32. The highest BCUT2D eigenvalue weighted by Gasteiger charge is 2.18. The first-order valence-corrected chi connectivity index (χ1v) is 7.45. The Kier molecular flexibility index (Phi) is 3.62. The minimum atomic E-state index is 0.234. The predicted octanol–water partition coefficient (Wildman–Crippen LogP) is 3.03. The van der Waals surface area contributed by atoms with Gasteiger partial charge in [-0.1, -0.05) is 0 Å². The number of nitriles is 1. The number of nitrogens with two attached hydrogens (primary N) is 1. The molecule has 0 unspecified atom stereocenters. The normalized spacial score (nSPS) is 10.7. The number of anilines is 1. The standard InChI is InChI=1S/C17H18N6/c1-4-23-11(3)16(10(2)22-23)15-8-12(14-6-5-7-20-14)13(9-18)17(19)21-15/h5-8,20H,4H2,1-3H3,(H2,19,21). The highest BCUT2D eigenvalue weighted by atomic mass is 15.3. The van der Waals surface area contributed by atoms with Crippen molar-refractivity contribution in [2.45, 2.75) is 27.3 Å². The van der Waals surface area contributed by atoms with Crippen LogP contribution in [0, 0.1) is 25.2 Å². The van der Waals surface area contributed by atoms with E-state index in [2.05, 4.69) is 21.1 Å². The molecule has 0 amide bonds. The monoisotopic (exact) mass is 306 g/mol. The van der Waals surface area contributed by atoms with Crippen LogP contribution in [0.25, 0.3) is 22.5 Å². The number of hydrogen-bond donors (Lipinski definition) is 2. The first-order valence-electron chi connectivity index (χ1n) is 7.45. The molecule has 0 aliphatic heterocycles. The fraction of sp³-hybridized carbons (Fsp3) is 0.235. The van der Waals surface area contributed by atoms with Gasteiger partial charge in [0.1, 0.15) is 17.5 Å². The van der Waals surface area contributed by atoms with Crippen molar-refractivity contribution in [1.29, 1.82) is 5.26 Å². The van der Waals surface area contributed by atoms with E-state index in [9.17, 15) is 5.26 Å². The third-order valence-electron chi connectivity index (χ3n) is 3.98. The number of nitrogens with zero attached hydrogens (tertiary/aromatic N) is 4. The second-order valence-electron chi connectivity index (χ2n) is 5.37. The van der Waals surface area contributed by atoms with Gasteiger partial charge in [0, 0.05) is 35.3 Å². The van der Waals surface area contributed by atoms with Gasteiger partial charge < -0.3 is 10.7 Å². The minimum absolute atomic E-state index is 0.234. The molecule has 3 rings (SSSR count). The molecule has 3 aromatic rings. The Balaban J connectivity index is 2.27. The Hall–Kier alpha value is -3.07. The Morgan fingerprint density at radius 2 is 2.17 bits per heavy atom. The topological polar surface area (TPSA) is 96.3 Å². The van der Waals surface area contributed by atoms with Crippen LogP contribution in [0.4, 0.5) is 5.82 Å². The highest BCUT2D eigenvalue weighted by molar-refractivity contribution is 5.79. The van der Waals surface area contributed by atoms with Gasteiger partial charge in [0.15, 0.2) is 0 Å². The molecule has 0 radical (unpaired) electrons. The Labute approximate surface area is 134 Å². The van der Waals surface area contributed by atoms with Crippen molar-refractivity contribution in [2.75, 3.05) is 5.73 Å². The largest absolute Gasteiger partial charge is 0.383 e. The van der Waals surface area contributed by atoms with E-state index >= 15 is 0 Å². The summed E-state index contributed by atoms with van der Waals surface area (Å²) in [5.41, 5.74) is 11.7. The fourth-order valence-corrected chi connectivity index (χ4v) is 2.90. The van der Waals surface area contributed by atoms with E-state index in [-0.39, 0.29) is 5.82 Å². The minimum Gasteiger partial charge on any atom is -0.383 e. The van der Waals surface area contributed by atoms with Crippen LogP contribution in [0.3, 0.4) is 0 Å². The van der Waals surface area contributed by atoms with E-state index in [0.717, 1.165) is 40.4 Å². The van der Waals surface area contributed by atoms with E-state index < -0.39 is 0 Å². The molecule has 3 aromatic heterocycles. The van der Waals surface area contributed by atoms with Crippen LogP contribution in [0.5, 0.6) is 0 Å². The van der Waals surface area contributed by atoms with Crippen molar-refractivity contribution in [3.63, 3.8) is 0 Å². The molecule has 0 spiro atoms.